The predicted octanol–water partition coefficient (Wildman–Crippen LogP) is 2.22. The summed E-state index contributed by atoms with van der Waals surface area (Å²) in [6.45, 7) is 0.274. The van der Waals surface area contributed by atoms with Gasteiger partial charge in [0.1, 0.15) is 11.9 Å². The summed E-state index contributed by atoms with van der Waals surface area (Å²) in [6, 6.07) is 3.75. The Kier molecular flexibility index (Phi) is 3.50. The van der Waals surface area contributed by atoms with Gasteiger partial charge < -0.3 is 10.2 Å². The summed E-state index contributed by atoms with van der Waals surface area (Å²) in [7, 11) is 0. The largest absolute Gasteiger partial charge is 0.344 e. The lowest BCUT2D eigenvalue weighted by atomic mass is 10.1. The van der Waals surface area contributed by atoms with E-state index in [1.54, 1.807) is 6.07 Å². The summed E-state index contributed by atoms with van der Waals surface area (Å²) in [6.07, 6.45) is 2.14. The molecular formula is C14H14BrFN2O2. The highest BCUT2D eigenvalue weighted by molar-refractivity contribution is 9.10. The molecule has 1 aromatic rings. The Bertz CT molecular complexity index is 574. The number of halogens is 2. The Morgan fingerprint density at radius 3 is 2.75 bits per heavy atom. The van der Waals surface area contributed by atoms with Crippen molar-refractivity contribution in [2.75, 3.05) is 11.4 Å². The molecule has 4 nitrogen and oxygen atoms in total. The Hall–Kier alpha value is -1.43. The first-order valence-corrected chi connectivity index (χ1v) is 7.41. The highest BCUT2D eigenvalue weighted by atomic mass is 79.9. The minimum atomic E-state index is -0.472. The molecule has 1 aliphatic heterocycles. The van der Waals surface area contributed by atoms with E-state index in [9.17, 15) is 14.0 Å². The highest BCUT2D eigenvalue weighted by Crippen LogP contribution is 2.36. The van der Waals surface area contributed by atoms with Crippen LogP contribution in [0, 0.1) is 11.7 Å². The Balaban J connectivity index is 1.96. The van der Waals surface area contributed by atoms with E-state index in [0.29, 0.717) is 10.2 Å². The van der Waals surface area contributed by atoms with E-state index >= 15 is 0 Å². The number of nitrogens with zero attached hydrogens (tertiary/aromatic N) is 1. The third kappa shape index (κ3) is 2.57. The van der Waals surface area contributed by atoms with Crippen molar-refractivity contribution in [2.24, 2.45) is 5.92 Å². The molecule has 3 rings (SSSR count). The van der Waals surface area contributed by atoms with E-state index < -0.39 is 11.9 Å². The van der Waals surface area contributed by atoms with Gasteiger partial charge in [0.25, 0.3) is 0 Å². The van der Waals surface area contributed by atoms with Crippen LogP contribution in [0.25, 0.3) is 0 Å². The number of anilines is 1. The van der Waals surface area contributed by atoms with Crippen LogP contribution in [0.2, 0.25) is 0 Å². The van der Waals surface area contributed by atoms with Gasteiger partial charge in [-0.3, -0.25) is 9.59 Å². The molecule has 1 saturated carbocycles. The first kappa shape index (κ1) is 13.5. The van der Waals surface area contributed by atoms with Gasteiger partial charge in [-0.25, -0.2) is 4.39 Å². The van der Waals surface area contributed by atoms with Crippen LogP contribution >= 0.6 is 15.9 Å². The molecule has 1 unspecified atom stereocenters. The quantitative estimate of drug-likeness (QED) is 0.897. The summed E-state index contributed by atoms with van der Waals surface area (Å²) in [5.74, 6) is -0.447. The predicted molar refractivity (Wildman–Crippen MR) is 75.7 cm³/mol. The van der Waals surface area contributed by atoms with E-state index in [1.165, 1.54) is 17.0 Å². The summed E-state index contributed by atoms with van der Waals surface area (Å²) in [5, 5.41) is 2.79. The molecular weight excluding hydrogens is 327 g/mol. The van der Waals surface area contributed by atoms with E-state index in [-0.39, 0.29) is 30.7 Å². The van der Waals surface area contributed by atoms with Crippen molar-refractivity contribution in [3.05, 3.63) is 28.5 Å². The van der Waals surface area contributed by atoms with Gasteiger partial charge in [0.05, 0.1) is 5.69 Å². The second-order valence-corrected chi connectivity index (χ2v) is 6.07. The average molecular weight is 341 g/mol. The molecule has 0 bridgehead atoms. The fraction of sp³-hybridized carbons (Fsp3) is 0.429. The lowest BCUT2D eigenvalue weighted by Gasteiger charge is -2.25. The molecule has 1 aromatic carbocycles. The number of rotatable bonds is 2. The summed E-state index contributed by atoms with van der Waals surface area (Å²) in [5.41, 5.74) is 0.483. The smallest absolute Gasteiger partial charge is 0.249 e. The fourth-order valence-corrected chi connectivity index (χ4v) is 2.94. The Morgan fingerprint density at radius 1 is 1.30 bits per heavy atom. The zero-order valence-electron chi connectivity index (χ0n) is 10.7. The summed E-state index contributed by atoms with van der Waals surface area (Å²) >= 11 is 3.34. The van der Waals surface area contributed by atoms with Gasteiger partial charge in [-0.15, -0.1) is 0 Å². The first-order valence-electron chi connectivity index (χ1n) is 6.62. The van der Waals surface area contributed by atoms with Crippen LogP contribution in [-0.2, 0) is 9.59 Å². The topological polar surface area (TPSA) is 49.4 Å². The van der Waals surface area contributed by atoms with Gasteiger partial charge in [-0.2, -0.15) is 0 Å². The molecule has 20 heavy (non-hydrogen) atoms. The lowest BCUT2D eigenvalue weighted by Crippen LogP contribution is -2.46. The van der Waals surface area contributed by atoms with Crippen molar-refractivity contribution in [1.82, 2.24) is 5.32 Å². The first-order chi connectivity index (χ1) is 9.56. The van der Waals surface area contributed by atoms with Crippen molar-refractivity contribution < 1.29 is 14.0 Å². The van der Waals surface area contributed by atoms with Crippen molar-refractivity contribution >= 4 is 33.4 Å². The maximum atomic E-state index is 13.4. The number of nitrogens with one attached hydrogen (secondary N) is 1. The van der Waals surface area contributed by atoms with Crippen molar-refractivity contribution in [2.45, 2.75) is 25.3 Å². The van der Waals surface area contributed by atoms with Gasteiger partial charge >= 0.3 is 0 Å². The van der Waals surface area contributed by atoms with E-state index in [2.05, 4.69) is 21.2 Å². The number of carbonyl (C=O) groups excluding carboxylic acids is 2. The average Bonchev–Trinajstić information content (AvgIpc) is 3.23. The van der Waals surface area contributed by atoms with Gasteiger partial charge in [0.2, 0.25) is 11.8 Å². The second-order valence-electron chi connectivity index (χ2n) is 5.22. The Morgan fingerprint density at radius 2 is 2.05 bits per heavy atom. The van der Waals surface area contributed by atoms with Crippen LogP contribution in [-0.4, -0.2) is 24.4 Å². The molecule has 2 fully saturated rings. The number of carbonyl (C=O) groups is 2. The standard InChI is InChI=1S/C14H14BrFN2O2/c15-10-4-3-9(16)7-11(10)18-6-5-12(19)17-13(14(18)20)8-1-2-8/h3-4,7-8,13H,1-2,5-6H2,(H,17,19). The van der Waals surface area contributed by atoms with Gasteiger partial charge in [-0.1, -0.05) is 0 Å². The highest BCUT2D eigenvalue weighted by Gasteiger charge is 2.41. The van der Waals surface area contributed by atoms with Crippen LogP contribution < -0.4 is 10.2 Å². The van der Waals surface area contributed by atoms with Crippen LogP contribution in [0.15, 0.2) is 22.7 Å². The van der Waals surface area contributed by atoms with Gasteiger partial charge in [0.15, 0.2) is 0 Å². The SMILES string of the molecule is O=C1CCN(c2cc(F)ccc2Br)C(=O)C(C2CC2)N1. The number of amides is 2. The zero-order valence-corrected chi connectivity index (χ0v) is 12.3. The molecule has 1 atom stereocenters. The minimum absolute atomic E-state index is 0.120. The number of benzene rings is 1. The van der Waals surface area contributed by atoms with Crippen molar-refractivity contribution in [3.8, 4) is 0 Å². The van der Waals surface area contributed by atoms with Crippen LogP contribution in [0.1, 0.15) is 19.3 Å². The van der Waals surface area contributed by atoms with Crippen LogP contribution in [0.3, 0.4) is 0 Å². The van der Waals surface area contributed by atoms with Gasteiger partial charge in [0, 0.05) is 17.4 Å². The summed E-state index contributed by atoms with van der Waals surface area (Å²) in [4.78, 5) is 25.8. The zero-order chi connectivity index (χ0) is 14.3. The molecule has 106 valence electrons. The maximum Gasteiger partial charge on any atom is 0.249 e. The Labute approximate surface area is 124 Å². The molecule has 2 amide bonds. The van der Waals surface area contributed by atoms with E-state index in [4.69, 9.17) is 0 Å². The molecule has 1 heterocycles. The monoisotopic (exact) mass is 340 g/mol. The van der Waals surface area contributed by atoms with E-state index in [0.717, 1.165) is 12.8 Å². The molecule has 0 radical (unpaired) electrons. The van der Waals surface area contributed by atoms with Crippen LogP contribution in [0.4, 0.5) is 10.1 Å². The molecule has 6 heteroatoms. The van der Waals surface area contributed by atoms with Crippen molar-refractivity contribution in [3.63, 3.8) is 0 Å². The van der Waals surface area contributed by atoms with Crippen molar-refractivity contribution in [1.29, 1.82) is 0 Å². The molecule has 1 saturated heterocycles. The third-order valence-electron chi connectivity index (χ3n) is 3.70. The van der Waals surface area contributed by atoms with Crippen LogP contribution in [0.5, 0.6) is 0 Å². The lowest BCUT2D eigenvalue weighted by molar-refractivity contribution is -0.126. The third-order valence-corrected chi connectivity index (χ3v) is 4.37. The second kappa shape index (κ2) is 5.16. The normalized spacial score (nSPS) is 23.5. The molecule has 0 spiro atoms. The summed E-state index contributed by atoms with van der Waals surface area (Å²) < 4.78 is 14.1. The molecule has 1 aliphatic carbocycles. The molecule has 2 aliphatic rings. The molecule has 0 aromatic heterocycles. The minimum Gasteiger partial charge on any atom is -0.344 e. The van der Waals surface area contributed by atoms with Gasteiger partial charge in [-0.05, 0) is 52.9 Å². The molecule has 1 N–H and O–H groups in total. The fourth-order valence-electron chi connectivity index (χ4n) is 2.48. The number of hydrogen-bond acceptors (Lipinski definition) is 2. The maximum absolute atomic E-state index is 13.4. The van der Waals surface area contributed by atoms with E-state index in [1.807, 2.05) is 0 Å². The number of hydrogen-bond donors (Lipinski definition) is 1.